The number of ether oxygens (including phenoxy) is 1. The molecule has 0 radical (unpaired) electrons. The Kier molecular flexibility index (Phi) is 4.08. The van der Waals surface area contributed by atoms with E-state index < -0.39 is 0 Å². The summed E-state index contributed by atoms with van der Waals surface area (Å²) in [6.07, 6.45) is 4.80. The van der Waals surface area contributed by atoms with Gasteiger partial charge in [-0.15, -0.1) is 0 Å². The molecule has 3 N–H and O–H groups in total. The third-order valence-electron chi connectivity index (χ3n) is 3.96. The van der Waals surface area contributed by atoms with E-state index in [0.717, 1.165) is 19.5 Å². The average molecular weight is 242 g/mol. The Balaban J connectivity index is 2.03. The first-order chi connectivity index (χ1) is 8.02. The van der Waals surface area contributed by atoms with Crippen molar-refractivity contribution in [2.24, 2.45) is 5.73 Å². The first-order valence-corrected chi connectivity index (χ1v) is 6.80. The van der Waals surface area contributed by atoms with E-state index in [0.29, 0.717) is 6.04 Å². The minimum absolute atomic E-state index is 0.0622. The largest absolute Gasteiger partial charge is 0.394 e. The van der Waals surface area contributed by atoms with Crippen LogP contribution in [0.5, 0.6) is 0 Å². The van der Waals surface area contributed by atoms with Gasteiger partial charge in [0.2, 0.25) is 0 Å². The van der Waals surface area contributed by atoms with Crippen LogP contribution in [0.3, 0.4) is 0 Å². The lowest BCUT2D eigenvalue weighted by atomic mass is 9.88. The van der Waals surface area contributed by atoms with Crippen molar-refractivity contribution in [3.8, 4) is 0 Å². The van der Waals surface area contributed by atoms with Gasteiger partial charge in [0.25, 0.3) is 0 Å². The van der Waals surface area contributed by atoms with E-state index >= 15 is 0 Å². The van der Waals surface area contributed by atoms with Crippen molar-refractivity contribution < 1.29 is 9.84 Å². The molecule has 0 amide bonds. The predicted octanol–water partition coefficient (Wildman–Crippen LogP) is 0.728. The summed E-state index contributed by atoms with van der Waals surface area (Å²) >= 11 is 0. The number of nitrogens with two attached hydrogens (primary N) is 1. The standard InChI is InChI=1S/C13H26N2O2/c1-13(2)9-15(7-10(8-16)17-13)12-6-4-3-5-11(12)14/h10-12,16H,3-9,14H2,1-2H3. The van der Waals surface area contributed by atoms with Crippen LogP contribution in [0.4, 0.5) is 0 Å². The summed E-state index contributed by atoms with van der Waals surface area (Å²) in [4.78, 5) is 2.44. The number of aliphatic hydroxyl groups excluding tert-OH is 1. The summed E-state index contributed by atoms with van der Waals surface area (Å²) in [5.74, 6) is 0. The number of hydrogen-bond donors (Lipinski definition) is 2. The van der Waals surface area contributed by atoms with Gasteiger partial charge < -0.3 is 15.6 Å². The van der Waals surface area contributed by atoms with Crippen molar-refractivity contribution in [2.75, 3.05) is 19.7 Å². The Morgan fingerprint density at radius 2 is 2.06 bits per heavy atom. The molecule has 0 aromatic rings. The molecular weight excluding hydrogens is 216 g/mol. The van der Waals surface area contributed by atoms with E-state index in [4.69, 9.17) is 10.5 Å². The molecule has 2 aliphatic rings. The molecule has 1 aliphatic heterocycles. The van der Waals surface area contributed by atoms with Gasteiger partial charge in [-0.05, 0) is 26.7 Å². The van der Waals surface area contributed by atoms with Crippen LogP contribution in [-0.2, 0) is 4.74 Å². The van der Waals surface area contributed by atoms with E-state index in [1.54, 1.807) is 0 Å². The summed E-state index contributed by atoms with van der Waals surface area (Å²) in [5.41, 5.74) is 6.06. The maximum Gasteiger partial charge on any atom is 0.0940 e. The van der Waals surface area contributed by atoms with E-state index in [-0.39, 0.29) is 24.4 Å². The fourth-order valence-corrected chi connectivity index (χ4v) is 3.28. The lowest BCUT2D eigenvalue weighted by molar-refractivity contribution is -0.160. The van der Waals surface area contributed by atoms with E-state index in [2.05, 4.69) is 18.7 Å². The summed E-state index contributed by atoms with van der Waals surface area (Å²) in [6.45, 7) is 6.02. The van der Waals surface area contributed by atoms with Gasteiger partial charge in [-0.1, -0.05) is 12.8 Å². The average Bonchev–Trinajstić information content (AvgIpc) is 2.27. The van der Waals surface area contributed by atoms with Crippen molar-refractivity contribution in [3.63, 3.8) is 0 Å². The fraction of sp³-hybridized carbons (Fsp3) is 1.00. The number of hydrogen-bond acceptors (Lipinski definition) is 4. The van der Waals surface area contributed by atoms with Gasteiger partial charge in [-0.2, -0.15) is 0 Å². The number of rotatable bonds is 2. The molecule has 2 fully saturated rings. The summed E-state index contributed by atoms with van der Waals surface area (Å²) < 4.78 is 5.85. The molecule has 100 valence electrons. The van der Waals surface area contributed by atoms with Gasteiger partial charge in [-0.25, -0.2) is 0 Å². The molecule has 1 saturated heterocycles. The minimum atomic E-state index is -0.178. The van der Waals surface area contributed by atoms with Crippen molar-refractivity contribution in [3.05, 3.63) is 0 Å². The lowest BCUT2D eigenvalue weighted by Gasteiger charge is -2.48. The molecule has 1 aliphatic carbocycles. The maximum absolute atomic E-state index is 9.32. The zero-order valence-corrected chi connectivity index (χ0v) is 11.1. The van der Waals surface area contributed by atoms with Crippen molar-refractivity contribution in [2.45, 2.75) is 63.3 Å². The SMILES string of the molecule is CC1(C)CN(C2CCCCC2N)CC(CO)O1. The zero-order valence-electron chi connectivity index (χ0n) is 11.1. The maximum atomic E-state index is 9.32. The Hall–Kier alpha value is -0.160. The molecule has 4 heteroatoms. The third-order valence-corrected chi connectivity index (χ3v) is 3.96. The molecule has 4 nitrogen and oxygen atoms in total. The minimum Gasteiger partial charge on any atom is -0.394 e. The molecular formula is C13H26N2O2. The van der Waals surface area contributed by atoms with Crippen LogP contribution in [0.25, 0.3) is 0 Å². The van der Waals surface area contributed by atoms with Crippen LogP contribution in [0.1, 0.15) is 39.5 Å². The molecule has 1 heterocycles. The second-order valence-electron chi connectivity index (χ2n) is 6.13. The molecule has 1 saturated carbocycles. The predicted molar refractivity (Wildman–Crippen MR) is 67.8 cm³/mol. The smallest absolute Gasteiger partial charge is 0.0940 e. The highest BCUT2D eigenvalue weighted by Gasteiger charge is 2.38. The monoisotopic (exact) mass is 242 g/mol. The van der Waals surface area contributed by atoms with Gasteiger partial charge in [0.1, 0.15) is 0 Å². The van der Waals surface area contributed by atoms with Crippen molar-refractivity contribution in [1.29, 1.82) is 0 Å². The van der Waals surface area contributed by atoms with Crippen LogP contribution in [-0.4, -0.2) is 53.5 Å². The zero-order chi connectivity index (χ0) is 12.5. The lowest BCUT2D eigenvalue weighted by Crippen LogP contribution is -2.60. The van der Waals surface area contributed by atoms with Crippen LogP contribution in [0.15, 0.2) is 0 Å². The van der Waals surface area contributed by atoms with Crippen molar-refractivity contribution in [1.82, 2.24) is 4.90 Å². The van der Waals surface area contributed by atoms with Crippen LogP contribution in [0.2, 0.25) is 0 Å². The number of aliphatic hydroxyl groups is 1. The first-order valence-electron chi connectivity index (χ1n) is 6.80. The highest BCUT2D eigenvalue weighted by atomic mass is 16.5. The Morgan fingerprint density at radius 3 is 2.71 bits per heavy atom. The van der Waals surface area contributed by atoms with Gasteiger partial charge >= 0.3 is 0 Å². The highest BCUT2D eigenvalue weighted by molar-refractivity contribution is 4.92. The number of morpholine rings is 1. The van der Waals surface area contributed by atoms with Crippen LogP contribution >= 0.6 is 0 Å². The summed E-state index contributed by atoms with van der Waals surface area (Å²) in [7, 11) is 0. The van der Waals surface area contributed by atoms with Crippen molar-refractivity contribution >= 4 is 0 Å². The molecule has 3 unspecified atom stereocenters. The Labute approximate surface area is 104 Å². The normalized spacial score (nSPS) is 39.2. The molecule has 0 aromatic heterocycles. The Morgan fingerprint density at radius 1 is 1.35 bits per heavy atom. The quantitative estimate of drug-likeness (QED) is 0.749. The van der Waals surface area contributed by atoms with Gasteiger partial charge in [0.05, 0.1) is 18.3 Å². The second-order valence-corrected chi connectivity index (χ2v) is 6.13. The van der Waals surface area contributed by atoms with Gasteiger partial charge in [-0.3, -0.25) is 4.90 Å². The van der Waals surface area contributed by atoms with E-state index in [1.807, 2.05) is 0 Å². The molecule has 2 rings (SSSR count). The molecule has 0 aromatic carbocycles. The first kappa shape index (κ1) is 13.3. The second kappa shape index (κ2) is 5.22. The third kappa shape index (κ3) is 3.19. The number of nitrogens with zero attached hydrogens (tertiary/aromatic N) is 1. The molecule has 3 atom stereocenters. The topological polar surface area (TPSA) is 58.7 Å². The van der Waals surface area contributed by atoms with E-state index in [1.165, 1.54) is 19.3 Å². The van der Waals surface area contributed by atoms with Gasteiger partial charge in [0, 0.05) is 25.2 Å². The molecule has 17 heavy (non-hydrogen) atoms. The van der Waals surface area contributed by atoms with Gasteiger partial charge in [0.15, 0.2) is 0 Å². The molecule has 0 bridgehead atoms. The Bertz CT molecular complexity index is 258. The van der Waals surface area contributed by atoms with Crippen LogP contribution in [0, 0.1) is 0 Å². The highest BCUT2D eigenvalue weighted by Crippen LogP contribution is 2.28. The summed E-state index contributed by atoms with van der Waals surface area (Å²) in [5, 5.41) is 9.32. The molecule has 0 spiro atoms. The summed E-state index contributed by atoms with van der Waals surface area (Å²) in [6, 6.07) is 0.762. The fourth-order valence-electron chi connectivity index (χ4n) is 3.28. The van der Waals surface area contributed by atoms with Crippen LogP contribution < -0.4 is 5.73 Å². The van der Waals surface area contributed by atoms with E-state index in [9.17, 15) is 5.11 Å².